The summed E-state index contributed by atoms with van der Waals surface area (Å²) in [5.41, 5.74) is 4.55. The van der Waals surface area contributed by atoms with E-state index in [2.05, 4.69) is 20.9 Å². The fourth-order valence-corrected chi connectivity index (χ4v) is 3.79. The molecule has 176 valence electrons. The number of benzene rings is 4. The minimum absolute atomic E-state index is 0.0324. The number of rotatable bonds is 7. The number of anilines is 5. The third kappa shape index (κ3) is 5.13. The van der Waals surface area contributed by atoms with Gasteiger partial charge in [0.05, 0.1) is 4.92 Å². The van der Waals surface area contributed by atoms with Crippen molar-refractivity contribution in [1.82, 2.24) is 4.98 Å². The molecule has 0 saturated carbocycles. The Bertz CT molecular complexity index is 1540. The van der Waals surface area contributed by atoms with Crippen molar-refractivity contribution in [3.8, 4) is 0 Å². The fraction of sp³-hybridized carbons (Fsp3) is 0. The van der Waals surface area contributed by atoms with E-state index in [1.165, 1.54) is 6.07 Å². The Labute approximate surface area is 206 Å². The number of carbonyl (C=O) groups is 1. The van der Waals surface area contributed by atoms with E-state index in [0.29, 0.717) is 11.3 Å². The van der Waals surface area contributed by atoms with Crippen LogP contribution in [0, 0.1) is 10.1 Å². The van der Waals surface area contributed by atoms with Gasteiger partial charge >= 0.3 is 0 Å². The molecule has 5 rings (SSSR count). The lowest BCUT2D eigenvalue weighted by atomic mass is 10.1. The van der Waals surface area contributed by atoms with E-state index in [0.717, 1.165) is 33.5 Å². The van der Waals surface area contributed by atoms with E-state index >= 15 is 0 Å². The molecule has 4 aromatic carbocycles. The Morgan fingerprint density at radius 2 is 1.36 bits per heavy atom. The van der Waals surface area contributed by atoms with E-state index in [1.807, 2.05) is 54.6 Å². The zero-order valence-corrected chi connectivity index (χ0v) is 19.0. The van der Waals surface area contributed by atoms with Crippen molar-refractivity contribution < 1.29 is 9.72 Å². The topological polar surface area (TPSA) is 109 Å². The first-order valence-corrected chi connectivity index (χ1v) is 11.2. The highest BCUT2D eigenvalue weighted by molar-refractivity contribution is 6.04. The van der Waals surface area contributed by atoms with Gasteiger partial charge < -0.3 is 16.0 Å². The van der Waals surface area contributed by atoms with E-state index in [1.54, 1.807) is 48.8 Å². The molecule has 8 nitrogen and oxygen atoms in total. The number of hydrogen-bond acceptors (Lipinski definition) is 6. The van der Waals surface area contributed by atoms with Gasteiger partial charge in [-0.2, -0.15) is 0 Å². The van der Waals surface area contributed by atoms with Gasteiger partial charge in [-0.15, -0.1) is 0 Å². The van der Waals surface area contributed by atoms with Crippen LogP contribution in [0.1, 0.15) is 10.4 Å². The lowest BCUT2D eigenvalue weighted by Crippen LogP contribution is -2.11. The summed E-state index contributed by atoms with van der Waals surface area (Å²) in [4.78, 5) is 27.5. The van der Waals surface area contributed by atoms with Gasteiger partial charge in [-0.05, 0) is 78.2 Å². The summed E-state index contributed by atoms with van der Waals surface area (Å²) in [6, 6.07) is 28.7. The van der Waals surface area contributed by atoms with Crippen LogP contribution in [0.5, 0.6) is 0 Å². The molecule has 3 N–H and O–H groups in total. The number of non-ortho nitro benzene ring substituents is 1. The number of nitrogens with zero attached hydrogens (tertiary/aromatic N) is 2. The molecule has 1 amide bonds. The highest BCUT2D eigenvalue weighted by Crippen LogP contribution is 2.30. The lowest BCUT2D eigenvalue weighted by molar-refractivity contribution is -0.384. The summed E-state index contributed by atoms with van der Waals surface area (Å²) in [7, 11) is 0. The second-order valence-corrected chi connectivity index (χ2v) is 8.06. The minimum atomic E-state index is -0.408. The quantitative estimate of drug-likeness (QED) is 0.175. The fourth-order valence-electron chi connectivity index (χ4n) is 3.79. The maximum atomic E-state index is 12.7. The van der Waals surface area contributed by atoms with Crippen LogP contribution in [-0.2, 0) is 0 Å². The zero-order chi connectivity index (χ0) is 24.9. The number of hydrogen-bond donors (Lipinski definition) is 3. The molecule has 0 aliphatic carbocycles. The first-order valence-electron chi connectivity index (χ1n) is 11.2. The Hall–Kier alpha value is -5.24. The molecule has 36 heavy (non-hydrogen) atoms. The molecule has 1 aromatic heterocycles. The van der Waals surface area contributed by atoms with Gasteiger partial charge in [0.1, 0.15) is 0 Å². The number of fused-ring (bicyclic) bond motifs is 1. The normalized spacial score (nSPS) is 10.6. The van der Waals surface area contributed by atoms with Crippen LogP contribution < -0.4 is 16.0 Å². The molecule has 0 aliphatic rings. The number of nitro groups is 1. The molecule has 0 aliphatic heterocycles. The van der Waals surface area contributed by atoms with E-state index in [4.69, 9.17) is 0 Å². The van der Waals surface area contributed by atoms with E-state index in [-0.39, 0.29) is 11.6 Å². The third-order valence-corrected chi connectivity index (χ3v) is 5.61. The van der Waals surface area contributed by atoms with Crippen molar-refractivity contribution in [2.75, 3.05) is 16.0 Å². The van der Waals surface area contributed by atoms with Gasteiger partial charge in [-0.3, -0.25) is 19.9 Å². The summed E-state index contributed by atoms with van der Waals surface area (Å²) >= 11 is 0. The predicted molar refractivity (Wildman–Crippen MR) is 142 cm³/mol. The van der Waals surface area contributed by atoms with Crippen molar-refractivity contribution in [2.24, 2.45) is 0 Å². The largest absolute Gasteiger partial charge is 0.355 e. The SMILES string of the molecule is O=C(Nc1ccc(Nc2ccncc2)cc1)c1ccc(Nc2cccc3ccc([N+](=O)[O-])cc23)cc1. The van der Waals surface area contributed by atoms with Gasteiger partial charge in [-0.1, -0.05) is 12.1 Å². The first kappa shape index (κ1) is 22.5. The van der Waals surface area contributed by atoms with Gasteiger partial charge in [0.15, 0.2) is 0 Å². The summed E-state index contributed by atoms with van der Waals surface area (Å²) in [5.74, 6) is -0.225. The number of amides is 1. The third-order valence-electron chi connectivity index (χ3n) is 5.61. The molecular formula is C28H21N5O3. The second kappa shape index (κ2) is 9.94. The molecular weight excluding hydrogens is 454 g/mol. The maximum absolute atomic E-state index is 12.7. The Morgan fingerprint density at radius 3 is 2.08 bits per heavy atom. The van der Waals surface area contributed by atoms with E-state index in [9.17, 15) is 14.9 Å². The molecule has 0 unspecified atom stereocenters. The van der Waals surface area contributed by atoms with Crippen molar-refractivity contribution in [3.05, 3.63) is 125 Å². The van der Waals surface area contributed by atoms with Crippen molar-refractivity contribution in [2.45, 2.75) is 0 Å². The number of nitrogens with one attached hydrogen (secondary N) is 3. The van der Waals surface area contributed by atoms with Crippen LogP contribution in [0.25, 0.3) is 10.8 Å². The zero-order valence-electron chi connectivity index (χ0n) is 19.0. The Balaban J connectivity index is 1.25. The smallest absolute Gasteiger partial charge is 0.270 e. The number of pyridine rings is 1. The van der Waals surface area contributed by atoms with Crippen LogP contribution >= 0.6 is 0 Å². The summed E-state index contributed by atoms with van der Waals surface area (Å²) in [5, 5.41) is 22.3. The molecule has 0 radical (unpaired) electrons. The van der Waals surface area contributed by atoms with Crippen LogP contribution in [0.4, 0.5) is 34.1 Å². The lowest BCUT2D eigenvalue weighted by Gasteiger charge is -2.11. The number of aromatic nitrogens is 1. The molecule has 8 heteroatoms. The highest BCUT2D eigenvalue weighted by atomic mass is 16.6. The van der Waals surface area contributed by atoms with Gasteiger partial charge in [-0.25, -0.2) is 0 Å². The van der Waals surface area contributed by atoms with Gasteiger partial charge in [0.2, 0.25) is 0 Å². The van der Waals surface area contributed by atoms with E-state index < -0.39 is 4.92 Å². The van der Waals surface area contributed by atoms with Crippen molar-refractivity contribution in [1.29, 1.82) is 0 Å². The predicted octanol–water partition coefficient (Wildman–Crippen LogP) is 6.88. The highest BCUT2D eigenvalue weighted by Gasteiger charge is 2.10. The Morgan fingerprint density at radius 1 is 0.722 bits per heavy atom. The molecule has 0 atom stereocenters. The summed E-state index contributed by atoms with van der Waals surface area (Å²) < 4.78 is 0. The molecule has 0 bridgehead atoms. The molecule has 0 spiro atoms. The molecule has 0 fully saturated rings. The van der Waals surface area contributed by atoms with Crippen LogP contribution in [0.3, 0.4) is 0 Å². The maximum Gasteiger partial charge on any atom is 0.270 e. The molecule has 1 heterocycles. The summed E-state index contributed by atoms with van der Waals surface area (Å²) in [6.07, 6.45) is 3.43. The molecule has 0 saturated heterocycles. The standard InChI is InChI=1S/C28H21N5O3/c34-28(32-23-11-9-21(10-12-23)30-24-14-16-29-17-15-24)20-4-7-22(8-5-20)31-27-3-1-2-19-6-13-25(33(35)36)18-26(19)27/h1-18,31H,(H,29,30)(H,32,34). The Kier molecular flexibility index (Phi) is 6.23. The average Bonchev–Trinajstić information content (AvgIpc) is 2.91. The average molecular weight is 476 g/mol. The first-order chi connectivity index (χ1) is 17.5. The number of nitro benzene ring substituents is 1. The van der Waals surface area contributed by atoms with Crippen LogP contribution in [0.2, 0.25) is 0 Å². The van der Waals surface area contributed by atoms with Crippen molar-refractivity contribution in [3.63, 3.8) is 0 Å². The van der Waals surface area contributed by atoms with Crippen molar-refractivity contribution >= 4 is 50.8 Å². The number of carbonyl (C=O) groups excluding carboxylic acids is 1. The second-order valence-electron chi connectivity index (χ2n) is 8.06. The monoisotopic (exact) mass is 475 g/mol. The van der Waals surface area contributed by atoms with Crippen LogP contribution in [0.15, 0.2) is 109 Å². The van der Waals surface area contributed by atoms with Crippen LogP contribution in [-0.4, -0.2) is 15.8 Å². The minimum Gasteiger partial charge on any atom is -0.355 e. The molecule has 5 aromatic rings. The summed E-state index contributed by atoms with van der Waals surface area (Å²) in [6.45, 7) is 0. The van der Waals surface area contributed by atoms with Gasteiger partial charge in [0.25, 0.3) is 11.6 Å². The van der Waals surface area contributed by atoms with Gasteiger partial charge in [0, 0.05) is 63.9 Å².